The van der Waals surface area contributed by atoms with E-state index in [1.165, 1.54) is 0 Å². The van der Waals surface area contributed by atoms with Crippen LogP contribution in [-0.4, -0.2) is 17.6 Å². The summed E-state index contributed by atoms with van der Waals surface area (Å²) in [5.41, 5.74) is 0.930. The lowest BCUT2D eigenvalue weighted by atomic mass is 10.1. The van der Waals surface area contributed by atoms with Crippen molar-refractivity contribution in [3.8, 4) is 17.2 Å². The molecule has 2 N–H and O–H groups in total. The average Bonchev–Trinajstić information content (AvgIpc) is 2.43. The van der Waals surface area contributed by atoms with E-state index in [0.29, 0.717) is 17.9 Å². The van der Waals surface area contributed by atoms with Gasteiger partial charge in [-0.2, -0.15) is 0 Å². The van der Waals surface area contributed by atoms with Crippen LogP contribution in [0.2, 0.25) is 0 Å². The molecule has 0 unspecified atom stereocenters. The summed E-state index contributed by atoms with van der Waals surface area (Å²) < 4.78 is 4.78. The van der Waals surface area contributed by atoms with Crippen LogP contribution in [0.1, 0.15) is 5.56 Å². The average molecular weight is 510 g/mol. The second-order valence-corrected chi connectivity index (χ2v) is 10.2. The lowest BCUT2D eigenvalue weighted by molar-refractivity contribution is -0.136. The zero-order chi connectivity index (χ0) is 15.5. The van der Waals surface area contributed by atoms with E-state index in [1.807, 2.05) is 57.3 Å². The summed E-state index contributed by atoms with van der Waals surface area (Å²) in [7, 11) is 0. The van der Waals surface area contributed by atoms with E-state index in [0.717, 1.165) is 5.56 Å². The Bertz CT molecular complexity index is 621. The summed E-state index contributed by atoms with van der Waals surface area (Å²) in [4.78, 5) is 11.1. The number of benzene rings is 2. The first-order valence-electron chi connectivity index (χ1n) is 6.04. The van der Waals surface area contributed by atoms with Crippen LogP contribution in [0, 0.1) is 0 Å². The smallest absolute Gasteiger partial charge is 0.330 e. The molecule has 2 aromatic rings. The van der Waals surface area contributed by atoms with E-state index in [4.69, 9.17) is 9.84 Å². The number of hydrogen-bond acceptors (Lipinski definition) is 3. The van der Waals surface area contributed by atoms with Gasteiger partial charge in [0.2, 0.25) is 0 Å². The molecule has 0 aromatic heterocycles. The van der Waals surface area contributed by atoms with E-state index in [-0.39, 0.29) is 5.75 Å². The van der Waals surface area contributed by atoms with Crippen LogP contribution >= 0.6 is 45.2 Å². The molecule has 0 radical (unpaired) electrons. The molecule has 0 amide bonds. The Hall–Kier alpha value is -1.03. The van der Waals surface area contributed by atoms with Crippen LogP contribution < -0.4 is 4.74 Å². The number of alkyl halides is 2. The van der Waals surface area contributed by atoms with Crippen LogP contribution in [0.5, 0.6) is 17.2 Å². The van der Waals surface area contributed by atoms with Gasteiger partial charge in [0.15, 0.2) is 1.43 Å². The lowest BCUT2D eigenvalue weighted by Gasteiger charge is -2.15. The van der Waals surface area contributed by atoms with Gasteiger partial charge in [-0.1, -0.05) is 57.3 Å². The van der Waals surface area contributed by atoms with Crippen molar-refractivity contribution in [2.75, 3.05) is 0 Å². The lowest BCUT2D eigenvalue weighted by Crippen LogP contribution is -2.26. The highest BCUT2D eigenvalue weighted by molar-refractivity contribution is 14.2. The number of aliphatic carboxylic acids is 1. The normalized spacial score (nSPS) is 11.1. The molecule has 0 aliphatic carbocycles. The van der Waals surface area contributed by atoms with Crippen molar-refractivity contribution < 1.29 is 19.7 Å². The van der Waals surface area contributed by atoms with Gasteiger partial charge in [0, 0.05) is 6.42 Å². The third-order valence-electron chi connectivity index (χ3n) is 2.73. The maximum atomic E-state index is 11.1. The molecule has 110 valence electrons. The largest absolute Gasteiger partial charge is 0.508 e. The van der Waals surface area contributed by atoms with Crippen LogP contribution in [0.4, 0.5) is 0 Å². The Morgan fingerprint density at radius 1 is 1.00 bits per heavy atom. The summed E-state index contributed by atoms with van der Waals surface area (Å²) in [6, 6.07) is 13.8. The number of phenols is 1. The zero-order valence-corrected chi connectivity index (χ0v) is 15.1. The maximum absolute atomic E-state index is 11.1. The number of aromatic hydroxyl groups is 1. The summed E-state index contributed by atoms with van der Waals surface area (Å²) in [5.74, 6) is 0.635. The minimum absolute atomic E-state index is 0.187. The van der Waals surface area contributed by atoms with Gasteiger partial charge in [-0.05, 0) is 42.0 Å². The first-order chi connectivity index (χ1) is 9.87. The third kappa shape index (κ3) is 4.73. The van der Waals surface area contributed by atoms with Gasteiger partial charge in [-0.3, -0.25) is 0 Å². The standard InChI is InChI=1S/C15H12I2O4/c16-15(17,14(19)20)9-10-1-5-12(6-2-10)21-13-7-3-11(18)4-8-13/h1-8,18H,9H2,(H,19,20). The van der Waals surface area contributed by atoms with Crippen molar-refractivity contribution in [1.82, 2.24) is 0 Å². The molecule has 0 atom stereocenters. The Kier molecular flexibility index (Phi) is 5.31. The minimum atomic E-state index is -0.852. The molecule has 0 aliphatic rings. The SMILES string of the molecule is O=C(O)C(I)(I)Cc1ccc(Oc2ccc(O)cc2)cc1. The summed E-state index contributed by atoms with van der Waals surface area (Å²) in [5, 5.41) is 18.3. The van der Waals surface area contributed by atoms with Gasteiger partial charge in [0.25, 0.3) is 0 Å². The molecule has 4 nitrogen and oxygen atoms in total. The van der Waals surface area contributed by atoms with E-state index in [2.05, 4.69) is 0 Å². The molecule has 0 bridgehead atoms. The number of halogens is 2. The van der Waals surface area contributed by atoms with Crippen LogP contribution in [0.25, 0.3) is 0 Å². The predicted octanol–water partition coefficient (Wildman–Crippen LogP) is 4.38. The second kappa shape index (κ2) is 6.82. The number of rotatable bonds is 5. The van der Waals surface area contributed by atoms with E-state index in [1.54, 1.807) is 36.4 Å². The van der Waals surface area contributed by atoms with E-state index >= 15 is 0 Å². The summed E-state index contributed by atoms with van der Waals surface area (Å²) >= 11 is 3.86. The van der Waals surface area contributed by atoms with Crippen molar-refractivity contribution >= 4 is 51.2 Å². The zero-order valence-electron chi connectivity index (χ0n) is 10.8. The highest BCUT2D eigenvalue weighted by atomic mass is 127. The van der Waals surface area contributed by atoms with Gasteiger partial charge < -0.3 is 14.9 Å². The van der Waals surface area contributed by atoms with Crippen molar-refractivity contribution in [2.24, 2.45) is 0 Å². The molecule has 0 saturated heterocycles. The molecule has 2 aromatic carbocycles. The summed E-state index contributed by atoms with van der Waals surface area (Å²) in [6.45, 7) is 0. The Labute approximate surface area is 149 Å². The summed E-state index contributed by atoms with van der Waals surface area (Å²) in [6.07, 6.45) is 0.433. The first kappa shape index (κ1) is 16.3. The molecule has 0 saturated carbocycles. The molecule has 0 heterocycles. The molecule has 0 aliphatic heterocycles. The van der Waals surface area contributed by atoms with Crippen LogP contribution in [0.15, 0.2) is 48.5 Å². The van der Waals surface area contributed by atoms with Crippen LogP contribution in [-0.2, 0) is 11.2 Å². The monoisotopic (exact) mass is 510 g/mol. The number of hydrogen-bond donors (Lipinski definition) is 2. The van der Waals surface area contributed by atoms with Crippen molar-refractivity contribution in [1.29, 1.82) is 0 Å². The Balaban J connectivity index is 2.05. The highest BCUT2D eigenvalue weighted by Gasteiger charge is 2.31. The van der Waals surface area contributed by atoms with Crippen molar-refractivity contribution in [3.05, 3.63) is 54.1 Å². The van der Waals surface area contributed by atoms with Crippen molar-refractivity contribution in [3.63, 3.8) is 0 Å². The number of carboxylic acids is 1. The molecule has 0 spiro atoms. The molecular formula is C15H12I2O4. The fraction of sp³-hybridized carbons (Fsp3) is 0.133. The maximum Gasteiger partial charge on any atom is 0.330 e. The molecule has 21 heavy (non-hydrogen) atoms. The quantitative estimate of drug-likeness (QED) is 0.464. The number of phenolic OH excluding ortho intramolecular Hbond substituents is 1. The predicted molar refractivity (Wildman–Crippen MR) is 96.7 cm³/mol. The fourth-order valence-electron chi connectivity index (χ4n) is 1.66. The van der Waals surface area contributed by atoms with Gasteiger partial charge in [0.05, 0.1) is 0 Å². The van der Waals surface area contributed by atoms with Crippen molar-refractivity contribution in [2.45, 2.75) is 7.85 Å². The Morgan fingerprint density at radius 2 is 1.48 bits per heavy atom. The van der Waals surface area contributed by atoms with Gasteiger partial charge in [-0.15, -0.1) is 0 Å². The Morgan fingerprint density at radius 3 is 1.95 bits per heavy atom. The molecule has 6 heteroatoms. The van der Waals surface area contributed by atoms with E-state index < -0.39 is 7.40 Å². The van der Waals surface area contributed by atoms with E-state index in [9.17, 15) is 9.90 Å². The topological polar surface area (TPSA) is 66.8 Å². The van der Waals surface area contributed by atoms with Gasteiger partial charge in [0.1, 0.15) is 17.2 Å². The number of carbonyl (C=O) groups is 1. The molecule has 2 rings (SSSR count). The van der Waals surface area contributed by atoms with Crippen LogP contribution in [0.3, 0.4) is 0 Å². The fourth-order valence-corrected chi connectivity index (χ4v) is 2.54. The second-order valence-electron chi connectivity index (χ2n) is 4.43. The third-order valence-corrected chi connectivity index (χ3v) is 4.42. The number of ether oxygens (including phenoxy) is 1. The molecule has 0 fully saturated rings. The number of carboxylic acid groups (broad SMARTS) is 1. The highest BCUT2D eigenvalue weighted by Crippen LogP contribution is 2.33. The minimum Gasteiger partial charge on any atom is -0.508 e. The van der Waals surface area contributed by atoms with Gasteiger partial charge in [-0.25, -0.2) is 4.79 Å². The van der Waals surface area contributed by atoms with Gasteiger partial charge >= 0.3 is 5.97 Å². The molecular weight excluding hydrogens is 498 g/mol. The first-order valence-corrected chi connectivity index (χ1v) is 8.19.